The van der Waals surface area contributed by atoms with Crippen LogP contribution < -0.4 is 5.32 Å². The molecule has 0 saturated carbocycles. The Hall–Kier alpha value is -1.84. The number of urea groups is 1. The van der Waals surface area contributed by atoms with Crippen LogP contribution in [0.2, 0.25) is 0 Å². The van der Waals surface area contributed by atoms with Gasteiger partial charge in [-0.2, -0.15) is 0 Å². The molecule has 1 aromatic carbocycles. The van der Waals surface area contributed by atoms with Crippen LogP contribution in [0.4, 0.5) is 4.79 Å². The third-order valence-corrected chi connectivity index (χ3v) is 2.84. The molecule has 1 aliphatic heterocycles. The van der Waals surface area contributed by atoms with Gasteiger partial charge in [-0.3, -0.25) is 9.69 Å². The van der Waals surface area contributed by atoms with E-state index in [1.807, 2.05) is 37.3 Å². The van der Waals surface area contributed by atoms with Gasteiger partial charge in [0.2, 0.25) is 0 Å². The zero-order chi connectivity index (χ0) is 12.3. The van der Waals surface area contributed by atoms with E-state index >= 15 is 0 Å². The minimum absolute atomic E-state index is 0.110. The molecule has 1 aliphatic rings. The second kappa shape index (κ2) is 4.99. The summed E-state index contributed by atoms with van der Waals surface area (Å²) in [6.07, 6.45) is 1.35. The lowest BCUT2D eigenvalue weighted by molar-refractivity contribution is -0.127. The maximum absolute atomic E-state index is 12.0. The van der Waals surface area contributed by atoms with Gasteiger partial charge >= 0.3 is 6.03 Å². The number of hydrogen-bond donors (Lipinski definition) is 1. The van der Waals surface area contributed by atoms with Gasteiger partial charge in [0.1, 0.15) is 6.04 Å². The number of amides is 3. The van der Waals surface area contributed by atoms with E-state index in [1.54, 1.807) is 0 Å². The summed E-state index contributed by atoms with van der Waals surface area (Å²) in [7, 11) is 0. The number of imide groups is 1. The van der Waals surface area contributed by atoms with Crippen LogP contribution in [0.1, 0.15) is 18.9 Å². The summed E-state index contributed by atoms with van der Waals surface area (Å²) >= 11 is 0. The summed E-state index contributed by atoms with van der Waals surface area (Å²) in [5, 5.41) is 2.72. The molecule has 0 aliphatic carbocycles. The molecular weight excluding hydrogens is 216 g/mol. The third-order valence-electron chi connectivity index (χ3n) is 2.84. The Balaban J connectivity index is 2.04. The predicted molar refractivity (Wildman–Crippen MR) is 64.5 cm³/mol. The van der Waals surface area contributed by atoms with Gasteiger partial charge in [0.05, 0.1) is 0 Å². The minimum Gasteiger partial charge on any atom is -0.325 e. The molecular formula is C13H16N2O2. The van der Waals surface area contributed by atoms with Gasteiger partial charge in [0.15, 0.2) is 0 Å². The van der Waals surface area contributed by atoms with Gasteiger partial charge in [0.25, 0.3) is 5.91 Å². The molecule has 4 nitrogen and oxygen atoms in total. The summed E-state index contributed by atoms with van der Waals surface area (Å²) in [5.41, 5.74) is 1.06. The molecule has 90 valence electrons. The number of hydrogen-bond acceptors (Lipinski definition) is 2. The Morgan fingerprint density at radius 2 is 1.94 bits per heavy atom. The van der Waals surface area contributed by atoms with E-state index in [-0.39, 0.29) is 11.9 Å². The van der Waals surface area contributed by atoms with Gasteiger partial charge in [-0.1, -0.05) is 37.3 Å². The number of nitrogens with one attached hydrogen (secondary N) is 1. The van der Waals surface area contributed by atoms with Crippen LogP contribution in [0.15, 0.2) is 30.3 Å². The number of benzene rings is 1. The summed E-state index contributed by atoms with van der Waals surface area (Å²) in [6, 6.07) is 9.04. The van der Waals surface area contributed by atoms with E-state index in [0.717, 1.165) is 12.0 Å². The highest BCUT2D eigenvalue weighted by atomic mass is 16.2. The molecule has 17 heavy (non-hydrogen) atoms. The first-order chi connectivity index (χ1) is 8.22. The lowest BCUT2D eigenvalue weighted by atomic mass is 10.1. The van der Waals surface area contributed by atoms with Crippen LogP contribution in [0.25, 0.3) is 0 Å². The summed E-state index contributed by atoms with van der Waals surface area (Å²) in [5.74, 6) is -0.110. The average Bonchev–Trinajstić information content (AvgIpc) is 2.59. The molecule has 1 saturated heterocycles. The number of carbonyl (C=O) groups excluding carboxylic acids is 2. The Labute approximate surface area is 101 Å². The molecule has 0 radical (unpaired) electrons. The topological polar surface area (TPSA) is 49.4 Å². The highest BCUT2D eigenvalue weighted by Gasteiger charge is 2.36. The highest BCUT2D eigenvalue weighted by molar-refractivity contribution is 6.04. The molecule has 1 atom stereocenters. The summed E-state index contributed by atoms with van der Waals surface area (Å²) in [4.78, 5) is 24.8. The van der Waals surface area contributed by atoms with Gasteiger partial charge in [0, 0.05) is 13.0 Å². The van der Waals surface area contributed by atoms with Gasteiger partial charge in [-0.15, -0.1) is 0 Å². The second-order valence-electron chi connectivity index (χ2n) is 4.18. The molecule has 0 bridgehead atoms. The fraction of sp³-hybridized carbons (Fsp3) is 0.385. The molecule has 1 N–H and O–H groups in total. The monoisotopic (exact) mass is 232 g/mol. The molecule has 1 aromatic rings. The van der Waals surface area contributed by atoms with E-state index in [4.69, 9.17) is 0 Å². The zero-order valence-corrected chi connectivity index (χ0v) is 9.85. The largest absolute Gasteiger partial charge is 0.325 e. The maximum Gasteiger partial charge on any atom is 0.324 e. The van der Waals surface area contributed by atoms with Gasteiger partial charge in [-0.25, -0.2) is 4.79 Å². The molecule has 3 amide bonds. The lowest BCUT2D eigenvalue weighted by Crippen LogP contribution is -2.32. The normalized spacial score (nSPS) is 19.6. The minimum atomic E-state index is -0.406. The van der Waals surface area contributed by atoms with Crippen LogP contribution in [0.5, 0.6) is 0 Å². The van der Waals surface area contributed by atoms with Crippen molar-refractivity contribution >= 4 is 11.9 Å². The molecule has 1 fully saturated rings. The lowest BCUT2D eigenvalue weighted by Gasteiger charge is -2.11. The van der Waals surface area contributed by atoms with Crippen LogP contribution in [-0.4, -0.2) is 29.4 Å². The number of rotatable bonds is 4. The summed E-state index contributed by atoms with van der Waals surface area (Å²) in [6.45, 7) is 2.45. The van der Waals surface area contributed by atoms with E-state index in [2.05, 4.69) is 5.32 Å². The van der Waals surface area contributed by atoms with E-state index in [9.17, 15) is 9.59 Å². The molecule has 1 heterocycles. The van der Waals surface area contributed by atoms with Gasteiger partial charge < -0.3 is 5.32 Å². The Morgan fingerprint density at radius 3 is 2.59 bits per heavy atom. The fourth-order valence-corrected chi connectivity index (χ4v) is 2.00. The van der Waals surface area contributed by atoms with Crippen molar-refractivity contribution < 1.29 is 9.59 Å². The Kier molecular flexibility index (Phi) is 3.42. The number of carbonyl (C=O) groups is 2. The van der Waals surface area contributed by atoms with Crippen LogP contribution >= 0.6 is 0 Å². The zero-order valence-electron chi connectivity index (χ0n) is 9.85. The molecule has 2 rings (SSSR count). The first-order valence-corrected chi connectivity index (χ1v) is 5.88. The standard InChI is InChI=1S/C13H16N2O2/c1-2-8-15-12(16)11(14-13(15)17)9-10-6-4-3-5-7-10/h3-7,11H,2,8-9H2,1H3,(H,14,17). The van der Waals surface area contributed by atoms with Gasteiger partial charge in [-0.05, 0) is 12.0 Å². The van der Waals surface area contributed by atoms with Crippen molar-refractivity contribution in [3.05, 3.63) is 35.9 Å². The van der Waals surface area contributed by atoms with Crippen molar-refractivity contribution in [3.8, 4) is 0 Å². The molecule has 0 spiro atoms. The fourth-order valence-electron chi connectivity index (χ4n) is 2.00. The Morgan fingerprint density at radius 1 is 1.24 bits per heavy atom. The number of nitrogens with zero attached hydrogens (tertiary/aromatic N) is 1. The SMILES string of the molecule is CCCN1C(=O)NC(Cc2ccccc2)C1=O. The van der Waals surface area contributed by atoms with Crippen LogP contribution in [-0.2, 0) is 11.2 Å². The third kappa shape index (κ3) is 2.46. The molecule has 1 unspecified atom stereocenters. The maximum atomic E-state index is 12.0. The van der Waals surface area contributed by atoms with Crippen LogP contribution in [0.3, 0.4) is 0 Å². The quantitative estimate of drug-likeness (QED) is 0.801. The predicted octanol–water partition coefficient (Wildman–Crippen LogP) is 1.56. The summed E-state index contributed by atoms with van der Waals surface area (Å²) < 4.78 is 0. The van der Waals surface area contributed by atoms with Crippen molar-refractivity contribution in [2.24, 2.45) is 0 Å². The molecule has 0 aromatic heterocycles. The Bertz CT molecular complexity index is 417. The smallest absolute Gasteiger partial charge is 0.324 e. The highest BCUT2D eigenvalue weighted by Crippen LogP contribution is 2.12. The van der Waals surface area contributed by atoms with E-state index < -0.39 is 6.04 Å². The first kappa shape index (κ1) is 11.6. The van der Waals surface area contributed by atoms with Crippen molar-refractivity contribution in [2.45, 2.75) is 25.8 Å². The van der Waals surface area contributed by atoms with Crippen molar-refractivity contribution in [3.63, 3.8) is 0 Å². The molecule has 4 heteroatoms. The van der Waals surface area contributed by atoms with Crippen molar-refractivity contribution in [2.75, 3.05) is 6.54 Å². The second-order valence-corrected chi connectivity index (χ2v) is 4.18. The van der Waals surface area contributed by atoms with Crippen molar-refractivity contribution in [1.29, 1.82) is 0 Å². The average molecular weight is 232 g/mol. The van der Waals surface area contributed by atoms with E-state index in [0.29, 0.717) is 13.0 Å². The van der Waals surface area contributed by atoms with Crippen LogP contribution in [0, 0.1) is 0 Å². The first-order valence-electron chi connectivity index (χ1n) is 5.88. The van der Waals surface area contributed by atoms with E-state index in [1.165, 1.54) is 4.90 Å². The van der Waals surface area contributed by atoms with Crippen molar-refractivity contribution in [1.82, 2.24) is 10.2 Å².